The van der Waals surface area contributed by atoms with E-state index in [1.54, 1.807) is 0 Å². The Morgan fingerprint density at radius 2 is 1.70 bits per heavy atom. The minimum absolute atomic E-state index is 0.0325. The number of hydrogen-bond acceptors (Lipinski definition) is 2. The van der Waals surface area contributed by atoms with Crippen LogP contribution in [0, 0.1) is 0 Å². The molecule has 0 aromatic heterocycles. The summed E-state index contributed by atoms with van der Waals surface area (Å²) in [6, 6.07) is 17.7. The van der Waals surface area contributed by atoms with Gasteiger partial charge in [0, 0.05) is 13.2 Å². The molecule has 2 aromatic carbocycles. The highest BCUT2D eigenvalue weighted by Gasteiger charge is 2.09. The summed E-state index contributed by atoms with van der Waals surface area (Å²) in [5.41, 5.74) is 3.26. The van der Waals surface area contributed by atoms with Crippen LogP contribution in [-0.4, -0.2) is 12.6 Å². The van der Waals surface area contributed by atoms with E-state index in [9.17, 15) is 4.79 Å². The summed E-state index contributed by atoms with van der Waals surface area (Å²) in [5.74, 6) is 0. The lowest BCUT2D eigenvalue weighted by Gasteiger charge is -2.16. The molecule has 1 atom stereocenters. The fourth-order valence-corrected chi connectivity index (χ4v) is 2.33. The van der Waals surface area contributed by atoms with E-state index in [2.05, 4.69) is 10.6 Å². The van der Waals surface area contributed by atoms with Gasteiger partial charge in [-0.2, -0.15) is 0 Å². The van der Waals surface area contributed by atoms with Crippen LogP contribution in [-0.2, 0) is 17.9 Å². The third-order valence-electron chi connectivity index (χ3n) is 3.67. The molecule has 122 valence electrons. The van der Waals surface area contributed by atoms with E-state index in [-0.39, 0.29) is 12.1 Å². The highest BCUT2D eigenvalue weighted by molar-refractivity contribution is 5.74. The summed E-state index contributed by atoms with van der Waals surface area (Å²) in [6.45, 7) is 5.67. The van der Waals surface area contributed by atoms with Crippen molar-refractivity contribution in [2.24, 2.45) is 0 Å². The highest BCUT2D eigenvalue weighted by atomic mass is 16.5. The first-order valence-corrected chi connectivity index (χ1v) is 7.94. The smallest absolute Gasteiger partial charge is 0.315 e. The Bertz CT molecular complexity index is 614. The van der Waals surface area contributed by atoms with Crippen molar-refractivity contribution >= 4 is 6.03 Å². The van der Waals surface area contributed by atoms with Gasteiger partial charge in [0.05, 0.1) is 12.6 Å². The molecular formula is C19H24N2O2. The second kappa shape index (κ2) is 8.96. The number of nitrogens with one attached hydrogen (secondary N) is 2. The molecule has 0 spiro atoms. The maximum Gasteiger partial charge on any atom is 0.315 e. The van der Waals surface area contributed by atoms with Crippen molar-refractivity contribution in [2.75, 3.05) is 6.61 Å². The standard InChI is InChI=1S/C19H24N2O2/c1-3-23-14-18-12-8-7-11-17(18)13-20-19(22)21-15(2)16-9-5-4-6-10-16/h4-12,15H,3,13-14H2,1-2H3,(H2,20,21,22)/t15-/m0/s1. The zero-order valence-corrected chi connectivity index (χ0v) is 13.7. The second-order valence-corrected chi connectivity index (χ2v) is 5.37. The van der Waals surface area contributed by atoms with Gasteiger partial charge in [0.1, 0.15) is 0 Å². The lowest BCUT2D eigenvalue weighted by Crippen LogP contribution is -2.36. The number of ether oxygens (including phenoxy) is 1. The number of urea groups is 1. The van der Waals surface area contributed by atoms with Crippen molar-refractivity contribution in [1.82, 2.24) is 10.6 Å². The van der Waals surface area contributed by atoms with E-state index in [0.29, 0.717) is 19.8 Å². The first-order chi connectivity index (χ1) is 11.2. The molecule has 0 saturated heterocycles. The average Bonchev–Trinajstić information content (AvgIpc) is 2.59. The number of amides is 2. The van der Waals surface area contributed by atoms with E-state index in [0.717, 1.165) is 16.7 Å². The predicted octanol–water partition coefficient (Wildman–Crippen LogP) is 3.78. The minimum Gasteiger partial charge on any atom is -0.377 e. The number of benzene rings is 2. The lowest BCUT2D eigenvalue weighted by molar-refractivity contribution is 0.133. The molecule has 4 heteroatoms. The van der Waals surface area contributed by atoms with Gasteiger partial charge in [-0.3, -0.25) is 0 Å². The average molecular weight is 312 g/mol. The molecule has 0 radical (unpaired) electrons. The lowest BCUT2D eigenvalue weighted by atomic mass is 10.1. The van der Waals surface area contributed by atoms with Crippen LogP contribution in [0.2, 0.25) is 0 Å². The van der Waals surface area contributed by atoms with Crippen molar-refractivity contribution < 1.29 is 9.53 Å². The van der Waals surface area contributed by atoms with Gasteiger partial charge in [0.15, 0.2) is 0 Å². The molecule has 0 fully saturated rings. The molecule has 2 amide bonds. The van der Waals surface area contributed by atoms with Crippen LogP contribution < -0.4 is 10.6 Å². The van der Waals surface area contributed by atoms with Crippen LogP contribution in [0.15, 0.2) is 54.6 Å². The molecular weight excluding hydrogens is 288 g/mol. The van der Waals surface area contributed by atoms with Crippen LogP contribution >= 0.6 is 0 Å². The van der Waals surface area contributed by atoms with Crippen LogP contribution in [0.25, 0.3) is 0 Å². The largest absolute Gasteiger partial charge is 0.377 e. The molecule has 4 nitrogen and oxygen atoms in total. The van der Waals surface area contributed by atoms with Gasteiger partial charge in [-0.15, -0.1) is 0 Å². The third kappa shape index (κ3) is 5.42. The highest BCUT2D eigenvalue weighted by Crippen LogP contribution is 2.12. The van der Waals surface area contributed by atoms with Gasteiger partial charge in [-0.25, -0.2) is 4.79 Å². The minimum atomic E-state index is -0.174. The normalized spacial score (nSPS) is 11.7. The Morgan fingerprint density at radius 3 is 2.39 bits per heavy atom. The van der Waals surface area contributed by atoms with Gasteiger partial charge >= 0.3 is 6.03 Å². The molecule has 2 aromatic rings. The van der Waals surface area contributed by atoms with Gasteiger partial charge in [-0.1, -0.05) is 54.6 Å². The van der Waals surface area contributed by atoms with Crippen molar-refractivity contribution in [2.45, 2.75) is 33.0 Å². The summed E-state index contributed by atoms with van der Waals surface area (Å²) in [4.78, 5) is 12.1. The van der Waals surface area contributed by atoms with Crippen LogP contribution in [0.5, 0.6) is 0 Å². The molecule has 23 heavy (non-hydrogen) atoms. The maximum atomic E-state index is 12.1. The summed E-state index contributed by atoms with van der Waals surface area (Å²) in [5, 5.41) is 5.86. The zero-order valence-electron chi connectivity index (χ0n) is 13.7. The zero-order chi connectivity index (χ0) is 16.5. The van der Waals surface area contributed by atoms with Crippen molar-refractivity contribution in [3.8, 4) is 0 Å². The Balaban J connectivity index is 1.87. The summed E-state index contributed by atoms with van der Waals surface area (Å²) in [7, 11) is 0. The molecule has 0 heterocycles. The fraction of sp³-hybridized carbons (Fsp3) is 0.316. The topological polar surface area (TPSA) is 50.4 Å². The summed E-state index contributed by atoms with van der Waals surface area (Å²) >= 11 is 0. The Morgan fingerprint density at radius 1 is 1.04 bits per heavy atom. The van der Waals surface area contributed by atoms with E-state index in [1.807, 2.05) is 68.4 Å². The molecule has 0 bridgehead atoms. The molecule has 0 aliphatic rings. The first kappa shape index (κ1) is 17.0. The Kier molecular flexibility index (Phi) is 6.63. The fourth-order valence-electron chi connectivity index (χ4n) is 2.33. The maximum absolute atomic E-state index is 12.1. The molecule has 2 N–H and O–H groups in total. The quantitative estimate of drug-likeness (QED) is 0.817. The number of rotatable bonds is 7. The summed E-state index contributed by atoms with van der Waals surface area (Å²) in [6.07, 6.45) is 0. The van der Waals surface area contributed by atoms with Gasteiger partial charge in [0.2, 0.25) is 0 Å². The van der Waals surface area contributed by atoms with Crippen molar-refractivity contribution in [3.63, 3.8) is 0 Å². The van der Waals surface area contributed by atoms with E-state index in [1.165, 1.54) is 0 Å². The van der Waals surface area contributed by atoms with Crippen molar-refractivity contribution in [1.29, 1.82) is 0 Å². The Hall–Kier alpha value is -2.33. The predicted molar refractivity (Wildman–Crippen MR) is 92.0 cm³/mol. The van der Waals surface area contributed by atoms with Gasteiger partial charge in [0.25, 0.3) is 0 Å². The van der Waals surface area contributed by atoms with Crippen LogP contribution in [0.1, 0.15) is 36.6 Å². The van der Waals surface area contributed by atoms with E-state index in [4.69, 9.17) is 4.74 Å². The Labute approximate surface area is 137 Å². The molecule has 0 unspecified atom stereocenters. The first-order valence-electron chi connectivity index (χ1n) is 7.94. The molecule has 0 aliphatic heterocycles. The van der Waals surface area contributed by atoms with Crippen molar-refractivity contribution in [3.05, 3.63) is 71.3 Å². The number of carbonyl (C=O) groups excluding carboxylic acids is 1. The van der Waals surface area contributed by atoms with Gasteiger partial charge < -0.3 is 15.4 Å². The third-order valence-corrected chi connectivity index (χ3v) is 3.67. The van der Waals surface area contributed by atoms with Gasteiger partial charge in [-0.05, 0) is 30.5 Å². The molecule has 0 aliphatic carbocycles. The molecule has 2 rings (SSSR count). The monoisotopic (exact) mass is 312 g/mol. The van der Waals surface area contributed by atoms with Crippen LogP contribution in [0.4, 0.5) is 4.79 Å². The van der Waals surface area contributed by atoms with E-state index < -0.39 is 0 Å². The second-order valence-electron chi connectivity index (χ2n) is 5.37. The number of carbonyl (C=O) groups is 1. The molecule has 0 saturated carbocycles. The van der Waals surface area contributed by atoms with E-state index >= 15 is 0 Å². The number of hydrogen-bond donors (Lipinski definition) is 2. The summed E-state index contributed by atoms with van der Waals surface area (Å²) < 4.78 is 5.46. The SMILES string of the molecule is CCOCc1ccccc1CNC(=O)N[C@@H](C)c1ccccc1. The van der Waals surface area contributed by atoms with Crippen LogP contribution in [0.3, 0.4) is 0 Å².